The highest BCUT2D eigenvalue weighted by Crippen LogP contribution is 2.24. The average Bonchev–Trinajstić information content (AvgIpc) is 2.72. The zero-order chi connectivity index (χ0) is 18.4. The number of amides is 1. The Labute approximate surface area is 154 Å². The SMILES string of the molecule is CCN(Cc1ccccc1)C(=O)C1CCN(c2ccc(C#N)cn2)CC1. The van der Waals surface area contributed by atoms with E-state index in [1.165, 1.54) is 5.56 Å². The van der Waals surface area contributed by atoms with Crippen molar-refractivity contribution in [1.82, 2.24) is 9.88 Å². The molecule has 26 heavy (non-hydrogen) atoms. The molecule has 5 heteroatoms. The number of hydrogen-bond acceptors (Lipinski definition) is 4. The van der Waals surface area contributed by atoms with E-state index in [4.69, 9.17) is 5.26 Å². The largest absolute Gasteiger partial charge is 0.357 e. The van der Waals surface area contributed by atoms with Crippen LogP contribution in [0.15, 0.2) is 48.7 Å². The van der Waals surface area contributed by atoms with Crippen molar-refractivity contribution >= 4 is 11.7 Å². The Morgan fingerprint density at radius 2 is 1.96 bits per heavy atom. The molecule has 0 radical (unpaired) electrons. The van der Waals surface area contributed by atoms with Crippen LogP contribution >= 0.6 is 0 Å². The normalized spacial score (nSPS) is 14.7. The fourth-order valence-corrected chi connectivity index (χ4v) is 3.40. The van der Waals surface area contributed by atoms with E-state index in [0.29, 0.717) is 12.1 Å². The molecule has 1 aliphatic heterocycles. The van der Waals surface area contributed by atoms with Crippen molar-refractivity contribution in [3.8, 4) is 6.07 Å². The fraction of sp³-hybridized carbons (Fsp3) is 0.381. The number of anilines is 1. The van der Waals surface area contributed by atoms with E-state index in [1.54, 1.807) is 12.3 Å². The van der Waals surface area contributed by atoms with E-state index in [1.807, 2.05) is 36.1 Å². The first-order chi connectivity index (χ1) is 12.7. The van der Waals surface area contributed by atoms with Crippen molar-refractivity contribution in [3.05, 3.63) is 59.8 Å². The quantitative estimate of drug-likeness (QED) is 0.832. The summed E-state index contributed by atoms with van der Waals surface area (Å²) in [6, 6.07) is 15.9. The van der Waals surface area contributed by atoms with Crippen LogP contribution in [0.2, 0.25) is 0 Å². The molecule has 1 amide bonds. The summed E-state index contributed by atoms with van der Waals surface area (Å²) in [7, 11) is 0. The minimum Gasteiger partial charge on any atom is -0.357 e. The first-order valence-electron chi connectivity index (χ1n) is 9.15. The number of hydrogen-bond donors (Lipinski definition) is 0. The molecule has 5 nitrogen and oxygen atoms in total. The summed E-state index contributed by atoms with van der Waals surface area (Å²) in [5, 5.41) is 8.87. The van der Waals surface area contributed by atoms with Gasteiger partial charge in [0.05, 0.1) is 5.56 Å². The van der Waals surface area contributed by atoms with Gasteiger partial charge in [0.25, 0.3) is 0 Å². The summed E-state index contributed by atoms with van der Waals surface area (Å²) < 4.78 is 0. The number of rotatable bonds is 5. The van der Waals surface area contributed by atoms with Gasteiger partial charge in [0, 0.05) is 38.3 Å². The summed E-state index contributed by atoms with van der Waals surface area (Å²) in [4.78, 5) is 21.4. The van der Waals surface area contributed by atoms with E-state index < -0.39 is 0 Å². The molecule has 1 aromatic heterocycles. The first kappa shape index (κ1) is 17.9. The summed E-state index contributed by atoms with van der Waals surface area (Å²) >= 11 is 0. The summed E-state index contributed by atoms with van der Waals surface area (Å²) in [6.07, 6.45) is 3.28. The van der Waals surface area contributed by atoms with Gasteiger partial charge < -0.3 is 9.80 Å². The van der Waals surface area contributed by atoms with Crippen molar-refractivity contribution in [2.45, 2.75) is 26.3 Å². The standard InChI is InChI=1S/C21H24N4O/c1-2-24(16-17-6-4-3-5-7-17)21(26)19-10-12-25(13-11-19)20-9-8-18(14-22)15-23-20/h3-9,15,19H,2,10-13,16H2,1H3. The van der Waals surface area contributed by atoms with Crippen LogP contribution in [-0.2, 0) is 11.3 Å². The maximum absolute atomic E-state index is 12.9. The van der Waals surface area contributed by atoms with Crippen molar-refractivity contribution < 1.29 is 4.79 Å². The van der Waals surface area contributed by atoms with Crippen molar-refractivity contribution in [2.24, 2.45) is 5.92 Å². The van der Waals surface area contributed by atoms with Crippen LogP contribution in [0.5, 0.6) is 0 Å². The molecule has 1 aliphatic rings. The lowest BCUT2D eigenvalue weighted by Crippen LogP contribution is -2.42. The highest BCUT2D eigenvalue weighted by molar-refractivity contribution is 5.79. The molecule has 1 saturated heterocycles. The van der Waals surface area contributed by atoms with Crippen LogP contribution in [-0.4, -0.2) is 35.4 Å². The molecule has 0 spiro atoms. The molecule has 2 heterocycles. The molecule has 2 aromatic rings. The molecule has 3 rings (SSSR count). The average molecular weight is 348 g/mol. The zero-order valence-electron chi connectivity index (χ0n) is 15.1. The van der Waals surface area contributed by atoms with Gasteiger partial charge in [0.2, 0.25) is 5.91 Å². The van der Waals surface area contributed by atoms with Crippen LogP contribution in [0.3, 0.4) is 0 Å². The Kier molecular flexibility index (Phi) is 5.85. The topological polar surface area (TPSA) is 60.2 Å². The van der Waals surface area contributed by atoms with Gasteiger partial charge in [-0.25, -0.2) is 4.98 Å². The molecule has 0 bridgehead atoms. The highest BCUT2D eigenvalue weighted by atomic mass is 16.2. The van der Waals surface area contributed by atoms with Gasteiger partial charge in [0.15, 0.2) is 0 Å². The number of pyridine rings is 1. The van der Waals surface area contributed by atoms with E-state index in [0.717, 1.165) is 38.3 Å². The number of piperidine rings is 1. The molecule has 0 N–H and O–H groups in total. The third-order valence-corrected chi connectivity index (χ3v) is 4.95. The van der Waals surface area contributed by atoms with Crippen LogP contribution in [0.25, 0.3) is 0 Å². The molecule has 0 saturated carbocycles. The molecule has 0 aliphatic carbocycles. The van der Waals surface area contributed by atoms with Crippen molar-refractivity contribution in [2.75, 3.05) is 24.5 Å². The molecule has 1 aromatic carbocycles. The maximum Gasteiger partial charge on any atom is 0.226 e. The maximum atomic E-state index is 12.9. The molecule has 0 unspecified atom stereocenters. The summed E-state index contributed by atoms with van der Waals surface area (Å²) in [5.74, 6) is 1.21. The van der Waals surface area contributed by atoms with Crippen LogP contribution in [0.4, 0.5) is 5.82 Å². The van der Waals surface area contributed by atoms with Gasteiger partial charge in [-0.1, -0.05) is 30.3 Å². The summed E-state index contributed by atoms with van der Waals surface area (Å²) in [5.41, 5.74) is 1.74. The van der Waals surface area contributed by atoms with Crippen molar-refractivity contribution in [3.63, 3.8) is 0 Å². The van der Waals surface area contributed by atoms with Gasteiger partial charge in [-0.3, -0.25) is 4.79 Å². The van der Waals surface area contributed by atoms with Gasteiger partial charge in [0.1, 0.15) is 11.9 Å². The number of carbonyl (C=O) groups excluding carboxylic acids is 1. The van der Waals surface area contributed by atoms with Crippen LogP contribution < -0.4 is 4.90 Å². The fourth-order valence-electron chi connectivity index (χ4n) is 3.40. The monoisotopic (exact) mass is 348 g/mol. The van der Waals surface area contributed by atoms with Gasteiger partial charge >= 0.3 is 0 Å². The second-order valence-electron chi connectivity index (χ2n) is 6.62. The van der Waals surface area contributed by atoms with E-state index in [-0.39, 0.29) is 11.8 Å². The number of carbonyl (C=O) groups is 1. The lowest BCUT2D eigenvalue weighted by Gasteiger charge is -2.34. The number of nitrogens with zero attached hydrogens (tertiary/aromatic N) is 4. The van der Waals surface area contributed by atoms with E-state index >= 15 is 0 Å². The molecular formula is C21H24N4O. The second-order valence-corrected chi connectivity index (χ2v) is 6.62. The minimum atomic E-state index is 0.0771. The second kappa shape index (κ2) is 8.48. The Morgan fingerprint density at radius 3 is 2.54 bits per heavy atom. The van der Waals surface area contributed by atoms with Crippen molar-refractivity contribution in [1.29, 1.82) is 5.26 Å². The number of benzene rings is 1. The third-order valence-electron chi connectivity index (χ3n) is 4.95. The van der Waals surface area contributed by atoms with E-state index in [9.17, 15) is 4.79 Å². The Bertz CT molecular complexity index is 759. The molecule has 0 atom stereocenters. The predicted molar refractivity (Wildman–Crippen MR) is 101 cm³/mol. The zero-order valence-corrected chi connectivity index (χ0v) is 15.1. The van der Waals surface area contributed by atoms with Crippen LogP contribution in [0, 0.1) is 17.2 Å². The number of nitriles is 1. The van der Waals surface area contributed by atoms with Gasteiger partial charge in [-0.2, -0.15) is 5.26 Å². The van der Waals surface area contributed by atoms with Gasteiger partial charge in [-0.05, 0) is 37.5 Å². The highest BCUT2D eigenvalue weighted by Gasteiger charge is 2.28. The lowest BCUT2D eigenvalue weighted by atomic mass is 9.95. The Balaban J connectivity index is 1.57. The lowest BCUT2D eigenvalue weighted by molar-refractivity contribution is -0.136. The molecular weight excluding hydrogens is 324 g/mol. The van der Waals surface area contributed by atoms with Gasteiger partial charge in [-0.15, -0.1) is 0 Å². The predicted octanol–water partition coefficient (Wildman–Crippen LogP) is 3.22. The third kappa shape index (κ3) is 4.20. The summed E-state index contributed by atoms with van der Waals surface area (Å²) in [6.45, 7) is 5.08. The van der Waals surface area contributed by atoms with Crippen LogP contribution in [0.1, 0.15) is 30.9 Å². The molecule has 1 fully saturated rings. The molecule has 134 valence electrons. The number of aromatic nitrogens is 1. The first-order valence-corrected chi connectivity index (χ1v) is 9.15. The van der Waals surface area contributed by atoms with E-state index in [2.05, 4.69) is 28.1 Å². The smallest absolute Gasteiger partial charge is 0.226 e. The Hall–Kier alpha value is -2.87. The Morgan fingerprint density at radius 1 is 1.23 bits per heavy atom. The minimum absolute atomic E-state index is 0.0771.